The summed E-state index contributed by atoms with van der Waals surface area (Å²) < 4.78 is 0. The van der Waals surface area contributed by atoms with Gasteiger partial charge >= 0.3 is 0 Å². The van der Waals surface area contributed by atoms with Crippen LogP contribution in [-0.2, 0) is 0 Å². The summed E-state index contributed by atoms with van der Waals surface area (Å²) in [5.41, 5.74) is 3.83. The minimum atomic E-state index is 0.875. The highest BCUT2D eigenvalue weighted by Crippen LogP contribution is 2.02. The molecule has 0 radical (unpaired) electrons. The molecule has 0 saturated carbocycles. The van der Waals surface area contributed by atoms with Gasteiger partial charge in [0.2, 0.25) is 0 Å². The van der Waals surface area contributed by atoms with Crippen LogP contribution in [-0.4, -0.2) is 19.6 Å². The van der Waals surface area contributed by atoms with Gasteiger partial charge in [0.05, 0.1) is 6.54 Å². The average Bonchev–Trinajstić information content (AvgIpc) is 2.14. The van der Waals surface area contributed by atoms with E-state index in [0.717, 1.165) is 12.5 Å². The molecule has 1 aliphatic rings. The van der Waals surface area contributed by atoms with E-state index in [4.69, 9.17) is 0 Å². The number of nitrogens with one attached hydrogen (secondary N) is 1. The van der Waals surface area contributed by atoms with Crippen molar-refractivity contribution in [3.05, 3.63) is 0 Å². The van der Waals surface area contributed by atoms with Gasteiger partial charge in [0.15, 0.2) is 0 Å². The normalized spacial score (nSPS) is 31.3. The Kier molecular flexibility index (Phi) is 1.65. The van der Waals surface area contributed by atoms with Crippen LogP contribution in [0.3, 0.4) is 0 Å². The van der Waals surface area contributed by atoms with Gasteiger partial charge in [-0.05, 0) is 13.0 Å². The molecule has 2 nitrogen and oxygen atoms in total. The second-order valence-corrected chi connectivity index (χ2v) is 2.15. The van der Waals surface area contributed by atoms with Crippen LogP contribution in [0.25, 0.3) is 0 Å². The van der Waals surface area contributed by atoms with Crippen LogP contribution < -0.4 is 11.1 Å². The van der Waals surface area contributed by atoms with Crippen molar-refractivity contribution in [2.24, 2.45) is 5.92 Å². The van der Waals surface area contributed by atoms with E-state index in [9.17, 15) is 0 Å². The molecule has 0 aromatic rings. The fourth-order valence-corrected chi connectivity index (χ4v) is 0.961. The Bertz CT molecular complexity index is 48.0. The van der Waals surface area contributed by atoms with Crippen LogP contribution in [0.1, 0.15) is 6.42 Å². The molecule has 0 aliphatic carbocycles. The maximum atomic E-state index is 3.83. The Morgan fingerprint density at radius 2 is 2.57 bits per heavy atom. The molecule has 42 valence electrons. The first-order valence-corrected chi connectivity index (χ1v) is 2.93. The Balaban J connectivity index is 2.14. The lowest BCUT2D eigenvalue weighted by Crippen LogP contribution is -2.54. The van der Waals surface area contributed by atoms with E-state index in [1.165, 1.54) is 19.5 Å². The van der Waals surface area contributed by atoms with Crippen LogP contribution in [0, 0.1) is 5.92 Å². The predicted octanol–water partition coefficient (Wildman–Crippen LogP) is -1.16. The lowest BCUT2D eigenvalue weighted by atomic mass is 10.1. The Morgan fingerprint density at radius 3 is 2.86 bits per heavy atom. The molecular weight excluding hydrogens is 88.1 g/mol. The molecule has 0 spiro atoms. The molecule has 1 rings (SSSR count). The number of quaternary nitrogens is 1. The molecule has 0 aromatic carbocycles. The van der Waals surface area contributed by atoms with Crippen molar-refractivity contribution in [3.8, 4) is 0 Å². The zero-order valence-corrected chi connectivity index (χ0v) is 4.61. The summed E-state index contributed by atoms with van der Waals surface area (Å²) in [4.78, 5) is 0. The summed E-state index contributed by atoms with van der Waals surface area (Å²) in [6, 6.07) is 0. The quantitative estimate of drug-likeness (QED) is 0.429. The van der Waals surface area contributed by atoms with Gasteiger partial charge < -0.3 is 11.1 Å². The standard InChI is InChI=1S/C5H12N2/c6-3-5-1-2-7-4-5/h5,7H,1-4,6H2/p+1/t5-/m0/s1. The van der Waals surface area contributed by atoms with Gasteiger partial charge in [-0.3, -0.25) is 0 Å². The molecule has 4 N–H and O–H groups in total. The van der Waals surface area contributed by atoms with E-state index in [2.05, 4.69) is 11.1 Å². The summed E-state index contributed by atoms with van der Waals surface area (Å²) in [6.07, 6.45) is 1.34. The first kappa shape index (κ1) is 5.06. The molecular formula is C5H13N2+. The summed E-state index contributed by atoms with van der Waals surface area (Å²) in [5.74, 6) is 0.875. The lowest BCUT2D eigenvalue weighted by molar-refractivity contribution is -0.377. The first-order chi connectivity index (χ1) is 3.43. The summed E-state index contributed by atoms with van der Waals surface area (Å²) in [5, 5.41) is 3.28. The Morgan fingerprint density at radius 1 is 1.71 bits per heavy atom. The molecule has 1 atom stereocenters. The third-order valence-corrected chi connectivity index (χ3v) is 1.57. The van der Waals surface area contributed by atoms with Crippen LogP contribution in [0.2, 0.25) is 0 Å². The second kappa shape index (κ2) is 2.28. The summed E-state index contributed by atoms with van der Waals surface area (Å²) in [7, 11) is 0. The second-order valence-electron chi connectivity index (χ2n) is 2.15. The van der Waals surface area contributed by atoms with Crippen molar-refractivity contribution in [2.45, 2.75) is 6.42 Å². The van der Waals surface area contributed by atoms with Crippen LogP contribution >= 0.6 is 0 Å². The maximum absolute atomic E-state index is 3.83. The molecule has 0 aromatic heterocycles. The van der Waals surface area contributed by atoms with E-state index in [-0.39, 0.29) is 0 Å². The van der Waals surface area contributed by atoms with Crippen molar-refractivity contribution >= 4 is 0 Å². The van der Waals surface area contributed by atoms with Crippen molar-refractivity contribution in [3.63, 3.8) is 0 Å². The van der Waals surface area contributed by atoms with Gasteiger partial charge in [0, 0.05) is 12.5 Å². The van der Waals surface area contributed by atoms with Gasteiger partial charge in [-0.2, -0.15) is 0 Å². The van der Waals surface area contributed by atoms with Crippen molar-refractivity contribution < 1.29 is 5.73 Å². The zero-order valence-electron chi connectivity index (χ0n) is 4.61. The fourth-order valence-electron chi connectivity index (χ4n) is 0.961. The summed E-state index contributed by atoms with van der Waals surface area (Å²) >= 11 is 0. The number of rotatable bonds is 1. The van der Waals surface area contributed by atoms with Gasteiger partial charge in [-0.1, -0.05) is 0 Å². The SMILES string of the molecule is [NH3+]C[C@@H]1CCNC1. The molecule has 7 heavy (non-hydrogen) atoms. The number of hydrogen-bond acceptors (Lipinski definition) is 1. The summed E-state index contributed by atoms with van der Waals surface area (Å²) in [6.45, 7) is 3.51. The first-order valence-electron chi connectivity index (χ1n) is 2.93. The Hall–Kier alpha value is -0.0800. The molecule has 0 amide bonds. The van der Waals surface area contributed by atoms with Gasteiger partial charge in [0.25, 0.3) is 0 Å². The highest BCUT2D eigenvalue weighted by Gasteiger charge is 2.12. The molecule has 1 aliphatic heterocycles. The molecule has 1 heterocycles. The maximum Gasteiger partial charge on any atom is 0.0781 e. The van der Waals surface area contributed by atoms with Crippen molar-refractivity contribution in [1.82, 2.24) is 5.32 Å². The largest absolute Gasteiger partial charge is 0.357 e. The van der Waals surface area contributed by atoms with Crippen LogP contribution in [0.5, 0.6) is 0 Å². The predicted molar refractivity (Wildman–Crippen MR) is 28.7 cm³/mol. The van der Waals surface area contributed by atoms with Gasteiger partial charge in [-0.25, -0.2) is 0 Å². The highest BCUT2D eigenvalue weighted by atomic mass is 14.9. The highest BCUT2D eigenvalue weighted by molar-refractivity contribution is 4.68. The van der Waals surface area contributed by atoms with Crippen LogP contribution in [0.4, 0.5) is 0 Å². The van der Waals surface area contributed by atoms with E-state index in [1.807, 2.05) is 0 Å². The van der Waals surface area contributed by atoms with Gasteiger partial charge in [0.1, 0.15) is 0 Å². The minimum absolute atomic E-state index is 0.875. The van der Waals surface area contributed by atoms with E-state index >= 15 is 0 Å². The smallest absolute Gasteiger partial charge is 0.0781 e. The van der Waals surface area contributed by atoms with E-state index in [0.29, 0.717) is 0 Å². The third-order valence-electron chi connectivity index (χ3n) is 1.57. The topological polar surface area (TPSA) is 39.7 Å². The molecule has 1 fully saturated rings. The van der Waals surface area contributed by atoms with Crippen molar-refractivity contribution in [1.29, 1.82) is 0 Å². The molecule has 0 bridgehead atoms. The van der Waals surface area contributed by atoms with E-state index < -0.39 is 0 Å². The molecule has 1 saturated heterocycles. The lowest BCUT2D eigenvalue weighted by Gasteiger charge is -1.96. The van der Waals surface area contributed by atoms with Gasteiger partial charge in [-0.15, -0.1) is 0 Å². The average molecular weight is 101 g/mol. The minimum Gasteiger partial charge on any atom is -0.357 e. The van der Waals surface area contributed by atoms with Crippen LogP contribution in [0.15, 0.2) is 0 Å². The van der Waals surface area contributed by atoms with Crippen molar-refractivity contribution in [2.75, 3.05) is 19.6 Å². The van der Waals surface area contributed by atoms with E-state index in [1.54, 1.807) is 0 Å². The molecule has 0 unspecified atom stereocenters. The third kappa shape index (κ3) is 1.14. The number of hydrogen-bond donors (Lipinski definition) is 2. The fraction of sp³-hybridized carbons (Fsp3) is 1.00. The zero-order chi connectivity index (χ0) is 5.11. The monoisotopic (exact) mass is 101 g/mol. The molecule has 2 heteroatoms. The Labute approximate surface area is 44.1 Å².